The molecule has 1 saturated heterocycles. The first kappa shape index (κ1) is 23.3. The fraction of sp³-hybridized carbons (Fsp3) is 0.857. The predicted octanol–water partition coefficient (Wildman–Crippen LogP) is 1.77. The molecule has 0 radical (unpaired) electrons. The standard InChI is InChI=1S/C21H39N7OS/c1-3-19-26-25-18-27(19)11-9-22-20(23-10-16-30-2)24-17-21(7-5-4-6-8-21)28-12-14-29-15-13-28/h18H,3-17H2,1-2H3,(H2,22,23,24). The number of hydrogen-bond donors (Lipinski definition) is 2. The van der Waals surface area contributed by atoms with E-state index in [0.29, 0.717) is 0 Å². The van der Waals surface area contributed by atoms with Crippen LogP contribution in [0.1, 0.15) is 44.9 Å². The van der Waals surface area contributed by atoms with Crippen LogP contribution in [0.25, 0.3) is 0 Å². The van der Waals surface area contributed by atoms with Crippen molar-refractivity contribution in [2.75, 3.05) is 57.9 Å². The molecule has 0 amide bonds. The van der Waals surface area contributed by atoms with Gasteiger partial charge in [0.2, 0.25) is 0 Å². The molecule has 0 unspecified atom stereocenters. The molecule has 3 rings (SSSR count). The summed E-state index contributed by atoms with van der Waals surface area (Å²) in [4.78, 5) is 7.75. The van der Waals surface area contributed by atoms with Gasteiger partial charge in [-0.15, -0.1) is 10.2 Å². The van der Waals surface area contributed by atoms with E-state index in [0.717, 1.165) is 76.4 Å². The van der Waals surface area contributed by atoms with Crippen LogP contribution in [0.5, 0.6) is 0 Å². The maximum absolute atomic E-state index is 5.62. The molecule has 0 bridgehead atoms. The van der Waals surface area contributed by atoms with E-state index < -0.39 is 0 Å². The van der Waals surface area contributed by atoms with Crippen LogP contribution < -0.4 is 10.6 Å². The molecule has 1 aromatic heterocycles. The Hall–Kier alpha value is -1.32. The number of rotatable bonds is 10. The lowest BCUT2D eigenvalue weighted by Gasteiger charge is -2.47. The number of thioether (sulfide) groups is 1. The predicted molar refractivity (Wildman–Crippen MR) is 124 cm³/mol. The van der Waals surface area contributed by atoms with Crippen LogP contribution in [0, 0.1) is 0 Å². The molecule has 1 saturated carbocycles. The minimum atomic E-state index is 0.194. The van der Waals surface area contributed by atoms with Crippen LogP contribution >= 0.6 is 11.8 Å². The first-order chi connectivity index (χ1) is 14.8. The third-order valence-electron chi connectivity index (χ3n) is 6.25. The van der Waals surface area contributed by atoms with Gasteiger partial charge in [0.25, 0.3) is 0 Å². The fourth-order valence-corrected chi connectivity index (χ4v) is 4.83. The van der Waals surface area contributed by atoms with Gasteiger partial charge in [0.05, 0.1) is 19.8 Å². The zero-order chi connectivity index (χ0) is 21.1. The SMILES string of the molecule is CCc1nncn1CCNC(=NCC1(N2CCOCC2)CCCCC1)NCCSC. The highest BCUT2D eigenvalue weighted by Crippen LogP contribution is 2.34. The van der Waals surface area contributed by atoms with Gasteiger partial charge in [-0.1, -0.05) is 26.2 Å². The molecule has 0 aromatic carbocycles. The van der Waals surface area contributed by atoms with Crippen molar-refractivity contribution in [2.45, 2.75) is 57.5 Å². The fourth-order valence-electron chi connectivity index (χ4n) is 4.53. The number of hydrogen-bond acceptors (Lipinski definition) is 6. The summed E-state index contributed by atoms with van der Waals surface area (Å²) in [5.41, 5.74) is 0.194. The molecular weight excluding hydrogens is 398 g/mol. The van der Waals surface area contributed by atoms with Crippen molar-refractivity contribution in [3.63, 3.8) is 0 Å². The Labute approximate surface area is 185 Å². The molecule has 9 heteroatoms. The number of aliphatic imine (C=N–C) groups is 1. The Morgan fingerprint density at radius 2 is 1.97 bits per heavy atom. The maximum Gasteiger partial charge on any atom is 0.191 e. The van der Waals surface area contributed by atoms with E-state index in [4.69, 9.17) is 9.73 Å². The summed E-state index contributed by atoms with van der Waals surface area (Å²) in [5, 5.41) is 15.3. The minimum absolute atomic E-state index is 0.194. The lowest BCUT2D eigenvalue weighted by molar-refractivity contribution is -0.0333. The van der Waals surface area contributed by atoms with Crippen molar-refractivity contribution in [3.05, 3.63) is 12.2 Å². The minimum Gasteiger partial charge on any atom is -0.379 e. The van der Waals surface area contributed by atoms with Crippen molar-refractivity contribution < 1.29 is 4.74 Å². The summed E-state index contributed by atoms with van der Waals surface area (Å²) in [6, 6.07) is 0. The summed E-state index contributed by atoms with van der Waals surface area (Å²) in [7, 11) is 0. The Bertz CT molecular complexity index is 639. The Balaban J connectivity index is 1.62. The Morgan fingerprint density at radius 3 is 2.70 bits per heavy atom. The molecule has 2 aliphatic rings. The maximum atomic E-state index is 5.62. The normalized spacial score (nSPS) is 20.3. The van der Waals surface area contributed by atoms with E-state index in [1.807, 2.05) is 18.1 Å². The molecule has 1 aliphatic carbocycles. The molecule has 2 fully saturated rings. The molecule has 8 nitrogen and oxygen atoms in total. The van der Waals surface area contributed by atoms with Gasteiger partial charge in [-0.3, -0.25) is 9.89 Å². The lowest BCUT2D eigenvalue weighted by Crippen LogP contribution is -2.56. The van der Waals surface area contributed by atoms with E-state index >= 15 is 0 Å². The van der Waals surface area contributed by atoms with Crippen molar-refractivity contribution in [2.24, 2.45) is 4.99 Å². The highest BCUT2D eigenvalue weighted by Gasteiger charge is 2.38. The second-order valence-electron chi connectivity index (χ2n) is 8.19. The summed E-state index contributed by atoms with van der Waals surface area (Å²) in [5.74, 6) is 3.02. The second-order valence-corrected chi connectivity index (χ2v) is 9.18. The zero-order valence-electron chi connectivity index (χ0n) is 18.7. The first-order valence-electron chi connectivity index (χ1n) is 11.5. The second kappa shape index (κ2) is 12.5. The monoisotopic (exact) mass is 437 g/mol. The van der Waals surface area contributed by atoms with E-state index in [1.54, 1.807) is 0 Å². The van der Waals surface area contributed by atoms with E-state index in [-0.39, 0.29) is 5.54 Å². The van der Waals surface area contributed by atoms with Gasteiger partial charge in [-0.25, -0.2) is 0 Å². The quantitative estimate of drug-likeness (QED) is 0.328. The number of aromatic nitrogens is 3. The van der Waals surface area contributed by atoms with Crippen molar-refractivity contribution in [3.8, 4) is 0 Å². The molecular formula is C21H39N7OS. The third kappa shape index (κ3) is 6.59. The van der Waals surface area contributed by atoms with Crippen LogP contribution in [0.4, 0.5) is 0 Å². The van der Waals surface area contributed by atoms with Crippen LogP contribution in [0.15, 0.2) is 11.3 Å². The number of aryl methyl sites for hydroxylation is 1. The van der Waals surface area contributed by atoms with Gasteiger partial charge in [0.1, 0.15) is 12.2 Å². The number of nitrogens with one attached hydrogen (secondary N) is 2. The van der Waals surface area contributed by atoms with Gasteiger partial charge in [-0.2, -0.15) is 11.8 Å². The van der Waals surface area contributed by atoms with Gasteiger partial charge in [0.15, 0.2) is 5.96 Å². The average molecular weight is 438 g/mol. The van der Waals surface area contributed by atoms with E-state index in [1.165, 1.54) is 32.1 Å². The first-order valence-corrected chi connectivity index (χ1v) is 12.9. The van der Waals surface area contributed by atoms with Crippen LogP contribution in [-0.2, 0) is 17.7 Å². The van der Waals surface area contributed by atoms with Crippen LogP contribution in [0.3, 0.4) is 0 Å². The molecule has 0 atom stereocenters. The Kier molecular flexibility index (Phi) is 9.74. The third-order valence-corrected chi connectivity index (χ3v) is 6.87. The average Bonchev–Trinajstić information content (AvgIpc) is 3.26. The summed E-state index contributed by atoms with van der Waals surface area (Å²) < 4.78 is 7.73. The van der Waals surface area contributed by atoms with Crippen molar-refractivity contribution in [1.29, 1.82) is 0 Å². The molecule has 1 aliphatic heterocycles. The summed E-state index contributed by atoms with van der Waals surface area (Å²) >= 11 is 1.85. The Morgan fingerprint density at radius 1 is 1.20 bits per heavy atom. The van der Waals surface area contributed by atoms with Gasteiger partial charge >= 0.3 is 0 Å². The van der Waals surface area contributed by atoms with Crippen LogP contribution in [0.2, 0.25) is 0 Å². The molecule has 1 aromatic rings. The van der Waals surface area contributed by atoms with Gasteiger partial charge in [0, 0.05) is 50.4 Å². The molecule has 2 N–H and O–H groups in total. The highest BCUT2D eigenvalue weighted by molar-refractivity contribution is 7.98. The number of nitrogens with zero attached hydrogens (tertiary/aromatic N) is 5. The highest BCUT2D eigenvalue weighted by atomic mass is 32.2. The molecule has 2 heterocycles. The molecule has 30 heavy (non-hydrogen) atoms. The van der Waals surface area contributed by atoms with Crippen molar-refractivity contribution in [1.82, 2.24) is 30.3 Å². The topological polar surface area (TPSA) is 79.6 Å². The smallest absolute Gasteiger partial charge is 0.191 e. The lowest BCUT2D eigenvalue weighted by atomic mass is 9.80. The number of morpholine rings is 1. The summed E-state index contributed by atoms with van der Waals surface area (Å²) in [6.45, 7) is 9.30. The van der Waals surface area contributed by atoms with Crippen molar-refractivity contribution >= 4 is 17.7 Å². The number of ether oxygens (including phenoxy) is 1. The van der Waals surface area contributed by atoms with Gasteiger partial charge in [-0.05, 0) is 19.1 Å². The number of guanidine groups is 1. The van der Waals surface area contributed by atoms with Gasteiger partial charge < -0.3 is 19.9 Å². The summed E-state index contributed by atoms with van der Waals surface area (Å²) in [6.07, 6.45) is 11.3. The molecule has 170 valence electrons. The largest absolute Gasteiger partial charge is 0.379 e. The van der Waals surface area contributed by atoms with E-state index in [2.05, 4.69) is 43.5 Å². The zero-order valence-corrected chi connectivity index (χ0v) is 19.6. The van der Waals surface area contributed by atoms with E-state index in [9.17, 15) is 0 Å². The molecule has 0 spiro atoms. The van der Waals surface area contributed by atoms with Crippen LogP contribution in [-0.4, -0.2) is 89.1 Å².